The Morgan fingerprint density at radius 1 is 1.03 bits per heavy atom. The fourth-order valence-corrected chi connectivity index (χ4v) is 4.28. The van der Waals surface area contributed by atoms with Crippen molar-refractivity contribution in [1.82, 2.24) is 10.6 Å². The number of halogens is 3. The number of thioether (sulfide) groups is 1. The van der Waals surface area contributed by atoms with Crippen LogP contribution in [-0.2, 0) is 15.3 Å². The Labute approximate surface area is 207 Å². The van der Waals surface area contributed by atoms with Gasteiger partial charge in [0.25, 0.3) is 5.91 Å². The van der Waals surface area contributed by atoms with Gasteiger partial charge in [-0.2, -0.15) is 0 Å². The lowest BCUT2D eigenvalue weighted by Crippen LogP contribution is -2.52. The van der Waals surface area contributed by atoms with Gasteiger partial charge in [-0.05, 0) is 43.0 Å². The normalized spacial score (nSPS) is 12.9. The van der Waals surface area contributed by atoms with Crippen molar-refractivity contribution in [3.63, 3.8) is 0 Å². The van der Waals surface area contributed by atoms with Gasteiger partial charge in [-0.15, -0.1) is 11.8 Å². The number of hydrogen-bond donors (Lipinski definition) is 2. The number of carbonyl (C=O) groups is 3. The molecule has 0 aliphatic carbocycles. The molecule has 35 heavy (non-hydrogen) atoms. The molecular weight excluding hydrogens is 481 g/mol. The van der Waals surface area contributed by atoms with E-state index in [2.05, 4.69) is 10.6 Å². The average molecular weight is 513 g/mol. The van der Waals surface area contributed by atoms with Gasteiger partial charge in [0.15, 0.2) is 17.4 Å². The van der Waals surface area contributed by atoms with Gasteiger partial charge in [0.2, 0.25) is 5.91 Å². The fraction of sp³-hybridized carbons (Fsp3) is 0.480. The van der Waals surface area contributed by atoms with Gasteiger partial charge >= 0.3 is 0 Å². The third-order valence-corrected chi connectivity index (χ3v) is 6.20. The van der Waals surface area contributed by atoms with Crippen LogP contribution in [0.2, 0.25) is 0 Å². The molecule has 2 aromatic rings. The number of carbonyl (C=O) groups excluding carboxylic acids is 3. The lowest BCUT2D eigenvalue weighted by atomic mass is 10.0. The number of nitrogens with one attached hydrogen (secondary N) is 2. The monoisotopic (exact) mass is 512 g/mol. The van der Waals surface area contributed by atoms with Crippen LogP contribution in [0.5, 0.6) is 0 Å². The predicted molar refractivity (Wildman–Crippen MR) is 128 cm³/mol. The minimum absolute atomic E-state index is 0.0677. The zero-order valence-corrected chi connectivity index (χ0v) is 20.9. The third kappa shape index (κ3) is 8.76. The van der Waals surface area contributed by atoms with Crippen molar-refractivity contribution in [3.8, 4) is 0 Å². The van der Waals surface area contributed by atoms with E-state index >= 15 is 0 Å². The number of benzene rings is 1. The second kappa shape index (κ2) is 14.0. The van der Waals surface area contributed by atoms with Gasteiger partial charge in [-0.1, -0.05) is 33.6 Å². The minimum Gasteiger partial charge on any atom is -0.468 e. The van der Waals surface area contributed by atoms with E-state index in [0.29, 0.717) is 30.7 Å². The first-order valence-corrected chi connectivity index (χ1v) is 12.7. The summed E-state index contributed by atoms with van der Waals surface area (Å²) in [6.07, 6.45) is 3.62. The minimum atomic E-state index is -1.63. The lowest BCUT2D eigenvalue weighted by Gasteiger charge is -2.24. The molecule has 6 nitrogen and oxygen atoms in total. The van der Waals surface area contributed by atoms with Gasteiger partial charge in [0, 0.05) is 0 Å². The molecule has 0 fully saturated rings. The van der Waals surface area contributed by atoms with Gasteiger partial charge in [0.05, 0.1) is 23.8 Å². The lowest BCUT2D eigenvalue weighted by molar-refractivity contribution is -0.128. The zero-order valence-electron chi connectivity index (χ0n) is 20.0. The highest BCUT2D eigenvalue weighted by atomic mass is 32.2. The first kappa shape index (κ1) is 28.5. The molecule has 0 radical (unpaired) electrons. The Hall–Kier alpha value is -2.75. The highest BCUT2D eigenvalue weighted by molar-refractivity contribution is 7.99. The standard InChI is InChI=1S/C25H31F3N2O4S/c1-4-5-8-19(21(31)14-35-13-16-7-6-11-34-16)29-24(32)20(12-15(2)3)30-25(33)22-17(26)9-10-18(27)23(22)28/h6-7,9-11,15,19-20H,4-5,8,12-14H2,1-3H3,(H,29,32)(H,30,33). The van der Waals surface area contributed by atoms with Crippen LogP contribution in [0.15, 0.2) is 34.9 Å². The van der Waals surface area contributed by atoms with Crippen LogP contribution < -0.4 is 10.6 Å². The van der Waals surface area contributed by atoms with Crippen LogP contribution in [0.4, 0.5) is 13.2 Å². The quantitative estimate of drug-likeness (QED) is 0.347. The van der Waals surface area contributed by atoms with E-state index in [9.17, 15) is 27.6 Å². The SMILES string of the molecule is CCCCC(NC(=O)C(CC(C)C)NC(=O)c1c(F)ccc(F)c1F)C(=O)CSCc1ccco1. The van der Waals surface area contributed by atoms with Crippen LogP contribution in [0.3, 0.4) is 0 Å². The molecule has 0 bridgehead atoms. The number of ketones is 1. The molecule has 0 saturated carbocycles. The number of hydrogen-bond acceptors (Lipinski definition) is 5. The Balaban J connectivity index is 2.10. The van der Waals surface area contributed by atoms with Crippen LogP contribution in [0.25, 0.3) is 0 Å². The van der Waals surface area contributed by atoms with Crippen molar-refractivity contribution in [3.05, 3.63) is 59.3 Å². The molecule has 1 aromatic carbocycles. The average Bonchev–Trinajstić information content (AvgIpc) is 3.32. The Morgan fingerprint density at radius 2 is 1.74 bits per heavy atom. The number of unbranched alkanes of at least 4 members (excludes halogenated alkanes) is 1. The summed E-state index contributed by atoms with van der Waals surface area (Å²) in [7, 11) is 0. The van der Waals surface area contributed by atoms with E-state index < -0.39 is 46.9 Å². The second-order valence-electron chi connectivity index (χ2n) is 8.62. The first-order chi connectivity index (χ1) is 16.6. The topological polar surface area (TPSA) is 88.4 Å². The number of Topliss-reactive ketones (excluding diaryl/α,β-unsaturated/α-hetero) is 1. The van der Waals surface area contributed by atoms with E-state index in [1.165, 1.54) is 11.8 Å². The van der Waals surface area contributed by atoms with Crippen molar-refractivity contribution in [2.24, 2.45) is 5.92 Å². The number of rotatable bonds is 14. The van der Waals surface area contributed by atoms with E-state index in [1.54, 1.807) is 32.2 Å². The Kier molecular flexibility index (Phi) is 11.4. The van der Waals surface area contributed by atoms with Gasteiger partial charge in [-0.3, -0.25) is 14.4 Å². The molecule has 10 heteroatoms. The van der Waals surface area contributed by atoms with Crippen molar-refractivity contribution in [2.75, 3.05) is 5.75 Å². The molecule has 0 aliphatic heterocycles. The van der Waals surface area contributed by atoms with Crippen molar-refractivity contribution in [2.45, 2.75) is 64.3 Å². The van der Waals surface area contributed by atoms with E-state index in [0.717, 1.165) is 12.2 Å². The van der Waals surface area contributed by atoms with Crippen LogP contribution in [0.1, 0.15) is 62.6 Å². The maximum absolute atomic E-state index is 14.1. The summed E-state index contributed by atoms with van der Waals surface area (Å²) < 4.78 is 46.9. The van der Waals surface area contributed by atoms with Crippen molar-refractivity contribution in [1.29, 1.82) is 0 Å². The van der Waals surface area contributed by atoms with Gasteiger partial charge < -0.3 is 15.1 Å². The van der Waals surface area contributed by atoms with Crippen molar-refractivity contribution < 1.29 is 32.0 Å². The summed E-state index contributed by atoms with van der Waals surface area (Å²) in [5.41, 5.74) is -1.10. The summed E-state index contributed by atoms with van der Waals surface area (Å²) in [5, 5.41) is 5.01. The molecule has 2 amide bonds. The molecule has 0 saturated heterocycles. The summed E-state index contributed by atoms with van der Waals surface area (Å²) in [6.45, 7) is 5.57. The molecule has 1 aromatic heterocycles. The van der Waals surface area contributed by atoms with E-state index in [4.69, 9.17) is 4.42 Å². The largest absolute Gasteiger partial charge is 0.468 e. The predicted octanol–water partition coefficient (Wildman–Crippen LogP) is 5.02. The van der Waals surface area contributed by atoms with Crippen LogP contribution >= 0.6 is 11.8 Å². The maximum atomic E-state index is 14.1. The molecule has 2 N–H and O–H groups in total. The molecule has 0 aliphatic rings. The molecule has 2 unspecified atom stereocenters. The molecular formula is C25H31F3N2O4S. The number of amides is 2. The zero-order chi connectivity index (χ0) is 26.0. The number of furan rings is 1. The second-order valence-corrected chi connectivity index (χ2v) is 9.60. The van der Waals surface area contributed by atoms with Gasteiger partial charge in [0.1, 0.15) is 23.2 Å². The third-order valence-electron chi connectivity index (χ3n) is 5.22. The first-order valence-electron chi connectivity index (χ1n) is 11.5. The summed E-state index contributed by atoms with van der Waals surface area (Å²) in [5.74, 6) is -5.00. The summed E-state index contributed by atoms with van der Waals surface area (Å²) in [4.78, 5) is 38.5. The molecule has 192 valence electrons. The van der Waals surface area contributed by atoms with Crippen LogP contribution in [-0.4, -0.2) is 35.4 Å². The fourth-order valence-electron chi connectivity index (χ4n) is 3.41. The molecule has 1 heterocycles. The van der Waals surface area contributed by atoms with Gasteiger partial charge in [-0.25, -0.2) is 13.2 Å². The van der Waals surface area contributed by atoms with Crippen molar-refractivity contribution >= 4 is 29.4 Å². The van der Waals surface area contributed by atoms with Crippen LogP contribution in [0, 0.1) is 23.4 Å². The maximum Gasteiger partial charge on any atom is 0.258 e. The highest BCUT2D eigenvalue weighted by Gasteiger charge is 2.29. The van der Waals surface area contributed by atoms with E-state index in [-0.39, 0.29) is 23.9 Å². The molecule has 2 rings (SSSR count). The smallest absolute Gasteiger partial charge is 0.258 e. The molecule has 0 spiro atoms. The highest BCUT2D eigenvalue weighted by Crippen LogP contribution is 2.18. The Morgan fingerprint density at radius 3 is 2.37 bits per heavy atom. The Bertz CT molecular complexity index is 999. The molecule has 2 atom stereocenters. The summed E-state index contributed by atoms with van der Waals surface area (Å²) >= 11 is 1.36. The summed E-state index contributed by atoms with van der Waals surface area (Å²) in [6, 6.07) is 2.83. The van der Waals surface area contributed by atoms with E-state index in [1.807, 2.05) is 6.92 Å².